The number of carbonyl (C=O) groups excluding carboxylic acids is 1. The maximum absolute atomic E-state index is 12.4. The molecule has 4 rings (SSSR count). The maximum atomic E-state index is 12.4. The third kappa shape index (κ3) is 3.30. The summed E-state index contributed by atoms with van der Waals surface area (Å²) in [6, 6.07) is 0.222. The van der Waals surface area contributed by atoms with Gasteiger partial charge in [0.2, 0.25) is 0 Å². The van der Waals surface area contributed by atoms with E-state index in [2.05, 4.69) is 25.2 Å². The molecule has 1 amide bonds. The molecule has 158 valence electrons. The highest BCUT2D eigenvalue weighted by Crippen LogP contribution is 2.64. The molecule has 0 aromatic carbocycles. The van der Waals surface area contributed by atoms with E-state index < -0.39 is 5.60 Å². The number of hydrogen-bond donors (Lipinski definition) is 2. The van der Waals surface area contributed by atoms with Crippen molar-refractivity contribution in [3.05, 3.63) is 11.6 Å². The smallest absolute Gasteiger partial charge is 0.407 e. The van der Waals surface area contributed by atoms with E-state index in [4.69, 9.17) is 4.74 Å². The molecule has 0 heterocycles. The lowest BCUT2D eigenvalue weighted by Crippen LogP contribution is -2.54. The van der Waals surface area contributed by atoms with Crippen molar-refractivity contribution in [1.29, 1.82) is 0 Å². The van der Waals surface area contributed by atoms with Crippen LogP contribution in [0.5, 0.6) is 0 Å². The molecule has 0 saturated heterocycles. The summed E-state index contributed by atoms with van der Waals surface area (Å²) in [5.41, 5.74) is 1.52. The highest BCUT2D eigenvalue weighted by Gasteiger charge is 2.58. The monoisotopic (exact) mass is 389 g/mol. The summed E-state index contributed by atoms with van der Waals surface area (Å²) in [5, 5.41) is 13.4. The molecule has 0 aromatic rings. The van der Waals surface area contributed by atoms with Crippen LogP contribution in [0.25, 0.3) is 0 Å². The largest absolute Gasteiger partial charge is 0.444 e. The summed E-state index contributed by atoms with van der Waals surface area (Å²) in [6.07, 6.45) is 10.9. The minimum Gasteiger partial charge on any atom is -0.444 e. The van der Waals surface area contributed by atoms with Crippen molar-refractivity contribution >= 4 is 6.09 Å². The Bertz CT molecular complexity index is 665. The summed E-state index contributed by atoms with van der Waals surface area (Å²) in [4.78, 5) is 12.4. The van der Waals surface area contributed by atoms with E-state index in [1.807, 2.05) is 20.8 Å². The summed E-state index contributed by atoms with van der Waals surface area (Å²) in [6.45, 7) is 10.6. The minimum atomic E-state index is -0.453. The summed E-state index contributed by atoms with van der Waals surface area (Å²) >= 11 is 0. The van der Waals surface area contributed by atoms with Crippen molar-refractivity contribution < 1.29 is 14.6 Å². The number of aliphatic hydroxyl groups excluding tert-OH is 1. The van der Waals surface area contributed by atoms with Gasteiger partial charge in [-0.3, -0.25) is 0 Å². The second kappa shape index (κ2) is 6.75. The van der Waals surface area contributed by atoms with E-state index in [-0.39, 0.29) is 29.1 Å². The van der Waals surface area contributed by atoms with Crippen LogP contribution in [0.1, 0.15) is 86.0 Å². The molecule has 7 atom stereocenters. The average Bonchev–Trinajstić information content (AvgIpc) is 2.90. The first-order chi connectivity index (χ1) is 13.0. The van der Waals surface area contributed by atoms with Crippen molar-refractivity contribution in [3.8, 4) is 0 Å². The molecule has 0 aromatic heterocycles. The molecular formula is C24H39NO3. The van der Waals surface area contributed by atoms with Gasteiger partial charge in [-0.2, -0.15) is 0 Å². The SMILES string of the molecule is CC(C)(C)OC(=O)N[C@H]1CC[C@H]2[C@@H]3CC=C4C[C@@H](O)CC[C@]4(C)[C@H]3CC[C@]12C. The van der Waals surface area contributed by atoms with Crippen LogP contribution in [-0.2, 0) is 4.74 Å². The zero-order chi connectivity index (χ0) is 20.3. The van der Waals surface area contributed by atoms with E-state index in [0.717, 1.165) is 38.0 Å². The lowest BCUT2D eigenvalue weighted by molar-refractivity contribution is -0.0441. The Morgan fingerprint density at radius 3 is 2.61 bits per heavy atom. The van der Waals surface area contributed by atoms with E-state index in [1.54, 1.807) is 0 Å². The molecule has 4 nitrogen and oxygen atoms in total. The van der Waals surface area contributed by atoms with Crippen LogP contribution in [0.3, 0.4) is 0 Å². The second-order valence-electron chi connectivity index (χ2n) is 11.5. The number of allylic oxidation sites excluding steroid dienone is 1. The van der Waals surface area contributed by atoms with Gasteiger partial charge in [0, 0.05) is 6.04 Å². The fourth-order valence-corrected chi connectivity index (χ4v) is 7.33. The van der Waals surface area contributed by atoms with Crippen LogP contribution >= 0.6 is 0 Å². The van der Waals surface area contributed by atoms with Crippen LogP contribution in [0.4, 0.5) is 4.79 Å². The number of fused-ring (bicyclic) bond motifs is 5. The number of hydrogen-bond acceptors (Lipinski definition) is 3. The third-order valence-corrected chi connectivity index (χ3v) is 8.77. The highest BCUT2D eigenvalue weighted by molar-refractivity contribution is 5.68. The van der Waals surface area contributed by atoms with Gasteiger partial charge in [0.15, 0.2) is 0 Å². The zero-order valence-corrected chi connectivity index (χ0v) is 18.4. The Morgan fingerprint density at radius 2 is 1.89 bits per heavy atom. The normalized spacial score (nSPS) is 45.4. The van der Waals surface area contributed by atoms with Crippen LogP contribution < -0.4 is 5.32 Å². The van der Waals surface area contributed by atoms with Gasteiger partial charge in [-0.15, -0.1) is 0 Å². The number of alkyl carbamates (subject to hydrolysis) is 1. The van der Waals surface area contributed by atoms with Gasteiger partial charge < -0.3 is 15.2 Å². The molecule has 4 aliphatic carbocycles. The third-order valence-electron chi connectivity index (χ3n) is 8.77. The van der Waals surface area contributed by atoms with Gasteiger partial charge >= 0.3 is 6.09 Å². The molecule has 0 spiro atoms. The molecule has 0 radical (unpaired) electrons. The molecule has 0 bridgehead atoms. The van der Waals surface area contributed by atoms with Gasteiger partial charge in [-0.05, 0) is 101 Å². The number of ether oxygens (including phenoxy) is 1. The van der Waals surface area contributed by atoms with E-state index in [9.17, 15) is 9.90 Å². The summed E-state index contributed by atoms with van der Waals surface area (Å²) in [7, 11) is 0. The van der Waals surface area contributed by atoms with Crippen molar-refractivity contribution in [3.63, 3.8) is 0 Å². The van der Waals surface area contributed by atoms with Crippen molar-refractivity contribution in [2.24, 2.45) is 28.6 Å². The summed E-state index contributed by atoms with van der Waals surface area (Å²) < 4.78 is 5.54. The number of rotatable bonds is 1. The number of amides is 1. The predicted molar refractivity (Wildman–Crippen MR) is 111 cm³/mol. The molecule has 3 saturated carbocycles. The molecule has 4 heteroatoms. The fourth-order valence-electron chi connectivity index (χ4n) is 7.33. The van der Waals surface area contributed by atoms with Crippen LogP contribution in [0.15, 0.2) is 11.6 Å². The van der Waals surface area contributed by atoms with Crippen LogP contribution in [-0.4, -0.2) is 28.9 Å². The van der Waals surface area contributed by atoms with E-state index in [0.29, 0.717) is 11.8 Å². The Kier molecular flexibility index (Phi) is 4.88. The molecule has 2 N–H and O–H groups in total. The molecule has 28 heavy (non-hydrogen) atoms. The molecule has 0 aliphatic heterocycles. The molecule has 4 aliphatic rings. The molecular weight excluding hydrogens is 350 g/mol. The van der Waals surface area contributed by atoms with E-state index >= 15 is 0 Å². The second-order valence-corrected chi connectivity index (χ2v) is 11.5. The highest BCUT2D eigenvalue weighted by atomic mass is 16.6. The first kappa shape index (κ1) is 20.3. The van der Waals surface area contributed by atoms with Gasteiger partial charge in [0.1, 0.15) is 5.60 Å². The Balaban J connectivity index is 1.51. The quantitative estimate of drug-likeness (QED) is 0.606. The van der Waals surface area contributed by atoms with Crippen molar-refractivity contribution in [2.45, 2.75) is 104 Å². The Labute approximate surface area is 170 Å². The topological polar surface area (TPSA) is 58.6 Å². The minimum absolute atomic E-state index is 0.140. The number of aliphatic hydroxyl groups is 1. The van der Waals surface area contributed by atoms with Crippen molar-refractivity contribution in [2.75, 3.05) is 0 Å². The maximum Gasteiger partial charge on any atom is 0.407 e. The zero-order valence-electron chi connectivity index (χ0n) is 18.4. The first-order valence-corrected chi connectivity index (χ1v) is 11.4. The fraction of sp³-hybridized carbons (Fsp3) is 0.875. The summed E-state index contributed by atoms with van der Waals surface area (Å²) in [5.74, 6) is 2.12. The van der Waals surface area contributed by atoms with Gasteiger partial charge in [-0.25, -0.2) is 4.79 Å². The van der Waals surface area contributed by atoms with Gasteiger partial charge in [0.25, 0.3) is 0 Å². The van der Waals surface area contributed by atoms with E-state index in [1.165, 1.54) is 24.8 Å². The number of carbonyl (C=O) groups is 1. The lowest BCUT2D eigenvalue weighted by atomic mass is 9.48. The van der Waals surface area contributed by atoms with Gasteiger partial charge in [-0.1, -0.05) is 25.5 Å². The van der Waals surface area contributed by atoms with Gasteiger partial charge in [0.05, 0.1) is 6.10 Å². The molecule has 0 unspecified atom stereocenters. The molecule has 3 fully saturated rings. The van der Waals surface area contributed by atoms with Crippen molar-refractivity contribution in [1.82, 2.24) is 5.32 Å². The predicted octanol–water partition coefficient (Wildman–Crippen LogP) is 5.20. The Hall–Kier alpha value is -1.03. The lowest BCUT2D eigenvalue weighted by Gasteiger charge is -2.58. The first-order valence-electron chi connectivity index (χ1n) is 11.4. The average molecular weight is 390 g/mol. The number of nitrogens with one attached hydrogen (secondary N) is 1. The van der Waals surface area contributed by atoms with Crippen LogP contribution in [0, 0.1) is 28.6 Å². The Morgan fingerprint density at radius 1 is 1.14 bits per heavy atom. The van der Waals surface area contributed by atoms with Crippen LogP contribution in [0.2, 0.25) is 0 Å². The standard InChI is InChI=1S/C24H39NO3/c1-22(2,3)28-21(27)25-20-9-8-18-17-7-6-15-14-16(26)10-12-23(15,4)19(17)11-13-24(18,20)5/h6,16-20,26H,7-14H2,1-5H3,(H,25,27)/t16-,17-,18-,19-,20-,23-,24-/m0/s1.